The molecule has 0 aliphatic carbocycles. The number of sulfone groups is 3. The van der Waals surface area contributed by atoms with E-state index in [1.54, 1.807) is 108 Å². The predicted octanol–water partition coefficient (Wildman–Crippen LogP) is 10.7. The van der Waals surface area contributed by atoms with Crippen molar-refractivity contribution in [3.63, 3.8) is 0 Å². The molecule has 0 fully saturated rings. The molecule has 0 saturated heterocycles. The van der Waals surface area contributed by atoms with Gasteiger partial charge in [-0.05, 0) is 119 Å². The molecule has 11 nitrogen and oxygen atoms in total. The Hall–Kier alpha value is -7.30. The van der Waals surface area contributed by atoms with Gasteiger partial charge in [0.2, 0.25) is 29.5 Å². The molecule has 13 rings (SSSR count). The van der Waals surface area contributed by atoms with E-state index < -0.39 is 41.3 Å². The van der Waals surface area contributed by atoms with Crippen LogP contribution >= 0.6 is 11.8 Å². The zero-order valence-electron chi connectivity index (χ0n) is 33.3. The maximum Gasteiger partial charge on any atom is 0.266 e. The summed E-state index contributed by atoms with van der Waals surface area (Å²) in [6.45, 7) is 0. The molecule has 0 saturated carbocycles. The minimum atomic E-state index is -4.38. The second-order valence-electron chi connectivity index (χ2n) is 16.0. The number of fused-ring (bicyclic) bond motifs is 9. The van der Waals surface area contributed by atoms with Crippen LogP contribution < -0.4 is 14.7 Å². The first-order valence-corrected chi connectivity index (χ1v) is 25.5. The first-order valence-electron chi connectivity index (χ1n) is 20.2. The third-order valence-electron chi connectivity index (χ3n) is 12.6. The van der Waals surface area contributed by atoms with Crippen LogP contribution in [0.15, 0.2) is 203 Å². The third kappa shape index (κ3) is 4.97. The molecule has 8 aromatic rings. The molecule has 5 heterocycles. The molecule has 314 valence electrons. The van der Waals surface area contributed by atoms with Gasteiger partial charge in [0.15, 0.2) is 0 Å². The lowest BCUT2D eigenvalue weighted by Crippen LogP contribution is -2.29. The molecule has 5 aliphatic heterocycles. The van der Waals surface area contributed by atoms with E-state index in [2.05, 4.69) is 0 Å². The van der Waals surface area contributed by atoms with Crippen LogP contribution in [0.2, 0.25) is 0 Å². The third-order valence-corrected chi connectivity index (χ3v) is 19.2. The van der Waals surface area contributed by atoms with Gasteiger partial charge in [-0.25, -0.2) is 30.2 Å². The number of hydrogen-bond acceptors (Lipinski definition) is 11. The first kappa shape index (κ1) is 38.2. The Bertz CT molecular complexity index is 3930. The molecule has 0 bridgehead atoms. The van der Waals surface area contributed by atoms with Crippen molar-refractivity contribution >= 4 is 92.9 Å². The van der Waals surface area contributed by atoms with E-state index in [0.717, 1.165) is 20.4 Å². The topological polar surface area (TPSA) is 146 Å². The summed E-state index contributed by atoms with van der Waals surface area (Å²) in [6, 6.07) is 45.1. The summed E-state index contributed by atoms with van der Waals surface area (Å²) in [5.74, 6) is -1.15. The first-order chi connectivity index (χ1) is 31.4. The largest absolute Gasteiger partial charge is 0.306 e. The maximum absolute atomic E-state index is 14.8. The minimum Gasteiger partial charge on any atom is -0.306 e. The Morgan fingerprint density at radius 2 is 0.785 bits per heavy atom. The Morgan fingerprint density at radius 3 is 1.40 bits per heavy atom. The van der Waals surface area contributed by atoms with Crippen LogP contribution in [0.4, 0.5) is 39.8 Å². The van der Waals surface area contributed by atoms with Gasteiger partial charge in [0, 0.05) is 9.79 Å². The van der Waals surface area contributed by atoms with Crippen LogP contribution in [0.25, 0.3) is 22.3 Å². The molecule has 5 aliphatic rings. The number of hydrogen-bond donors (Lipinski definition) is 0. The molecule has 0 atom stereocenters. The van der Waals surface area contributed by atoms with Crippen molar-refractivity contribution in [3.8, 4) is 22.3 Å². The Balaban J connectivity index is 1.05. The van der Waals surface area contributed by atoms with Gasteiger partial charge in [-0.1, -0.05) is 78.5 Å². The summed E-state index contributed by atoms with van der Waals surface area (Å²) in [5, 5.41) is 0. The maximum atomic E-state index is 14.8. The molecular formula is C50H27N3O8S4. The number of rotatable bonds is 3. The number of imide groups is 1. The Morgan fingerprint density at radius 1 is 0.338 bits per heavy atom. The number of nitrogens with zero attached hydrogens (tertiary/aromatic N) is 3. The quantitative estimate of drug-likeness (QED) is 0.156. The van der Waals surface area contributed by atoms with Gasteiger partial charge in [-0.2, -0.15) is 0 Å². The molecular weight excluding hydrogens is 899 g/mol. The highest BCUT2D eigenvalue weighted by molar-refractivity contribution is 8.00. The zero-order valence-corrected chi connectivity index (χ0v) is 36.6. The van der Waals surface area contributed by atoms with Crippen molar-refractivity contribution in [2.45, 2.75) is 39.2 Å². The van der Waals surface area contributed by atoms with Crippen LogP contribution in [0.5, 0.6) is 0 Å². The Labute approximate surface area is 376 Å². The number of carbonyl (C=O) groups is 2. The van der Waals surface area contributed by atoms with Crippen molar-refractivity contribution < 1.29 is 34.8 Å². The molecule has 0 N–H and O–H groups in total. The predicted molar refractivity (Wildman–Crippen MR) is 245 cm³/mol. The summed E-state index contributed by atoms with van der Waals surface area (Å²) in [7, 11) is -12.6. The highest BCUT2D eigenvalue weighted by Gasteiger charge is 2.45. The van der Waals surface area contributed by atoms with Crippen molar-refractivity contribution in [2.24, 2.45) is 0 Å². The second-order valence-corrected chi connectivity index (χ2v) is 22.8. The van der Waals surface area contributed by atoms with Crippen LogP contribution in [-0.4, -0.2) is 37.1 Å². The normalized spacial score (nSPS) is 17.0. The molecule has 2 amide bonds. The SMILES string of the molecule is O=C1c2cc(-c3ccc4c(c3)S(=O)(=O)c3cccc5c3N4c3ccccc3S5)c(-c3ccc4c(c3)S(=O)(=O)c3cccc5c3N4c3ccccc3S5(=O)=O)cc2C(=O)N1c1ccccc1. The molecule has 65 heavy (non-hydrogen) atoms. The molecule has 8 aromatic carbocycles. The lowest BCUT2D eigenvalue weighted by Gasteiger charge is -2.38. The average molecular weight is 926 g/mol. The summed E-state index contributed by atoms with van der Waals surface area (Å²) in [4.78, 5) is 34.7. The highest BCUT2D eigenvalue weighted by Crippen LogP contribution is 2.59. The zero-order chi connectivity index (χ0) is 44.3. The van der Waals surface area contributed by atoms with Gasteiger partial charge >= 0.3 is 0 Å². The number of anilines is 7. The molecule has 0 spiro atoms. The van der Waals surface area contributed by atoms with Crippen LogP contribution in [0.1, 0.15) is 20.7 Å². The molecule has 0 aromatic heterocycles. The van der Waals surface area contributed by atoms with E-state index in [4.69, 9.17) is 0 Å². The molecule has 0 radical (unpaired) electrons. The van der Waals surface area contributed by atoms with Gasteiger partial charge in [0.1, 0.15) is 0 Å². The van der Waals surface area contributed by atoms with E-state index in [9.17, 15) is 34.8 Å². The monoisotopic (exact) mass is 925 g/mol. The number of amides is 2. The van der Waals surface area contributed by atoms with Crippen LogP contribution in [0, 0.1) is 0 Å². The molecule has 15 heteroatoms. The fraction of sp³-hybridized carbons (Fsp3) is 0. The van der Waals surface area contributed by atoms with Gasteiger partial charge in [-0.3, -0.25) is 9.59 Å². The fourth-order valence-electron chi connectivity index (χ4n) is 9.73. The van der Waals surface area contributed by atoms with Gasteiger partial charge in [-0.15, -0.1) is 0 Å². The van der Waals surface area contributed by atoms with Gasteiger partial charge < -0.3 is 9.80 Å². The summed E-state index contributed by atoms with van der Waals surface area (Å²) >= 11 is 1.50. The van der Waals surface area contributed by atoms with E-state index in [1.165, 1.54) is 42.1 Å². The van der Waals surface area contributed by atoms with Crippen molar-refractivity contribution in [1.29, 1.82) is 0 Å². The summed E-state index contributed by atoms with van der Waals surface area (Å²) in [6.07, 6.45) is 0. The van der Waals surface area contributed by atoms with Gasteiger partial charge in [0.05, 0.1) is 80.3 Å². The number of benzene rings is 8. The van der Waals surface area contributed by atoms with Crippen molar-refractivity contribution in [1.82, 2.24) is 0 Å². The van der Waals surface area contributed by atoms with Crippen LogP contribution in [-0.2, 0) is 29.5 Å². The van der Waals surface area contributed by atoms with Crippen molar-refractivity contribution in [3.05, 3.63) is 175 Å². The van der Waals surface area contributed by atoms with E-state index in [1.807, 2.05) is 35.2 Å². The van der Waals surface area contributed by atoms with Crippen LogP contribution in [0.3, 0.4) is 0 Å². The average Bonchev–Trinajstić information content (AvgIpc) is 3.57. The lowest BCUT2D eigenvalue weighted by molar-refractivity contribution is 0.0926. The number of carbonyl (C=O) groups excluding carboxylic acids is 2. The van der Waals surface area contributed by atoms with Crippen molar-refractivity contribution in [2.75, 3.05) is 14.7 Å². The molecule has 0 unspecified atom stereocenters. The van der Waals surface area contributed by atoms with E-state index in [-0.39, 0.29) is 51.9 Å². The summed E-state index contributed by atoms with van der Waals surface area (Å²) in [5.41, 5.74) is 4.38. The second kappa shape index (κ2) is 12.9. The summed E-state index contributed by atoms with van der Waals surface area (Å²) < 4.78 is 86.9. The number of para-hydroxylation sites is 5. The minimum absolute atomic E-state index is 0.0269. The Kier molecular flexibility index (Phi) is 7.59. The van der Waals surface area contributed by atoms with E-state index >= 15 is 0 Å². The smallest absolute Gasteiger partial charge is 0.266 e. The lowest BCUT2D eigenvalue weighted by atomic mass is 9.90. The highest BCUT2D eigenvalue weighted by atomic mass is 32.2. The fourth-order valence-corrected chi connectivity index (χ4v) is 15.9. The standard InChI is InChI=1S/C50H27N3O8S4/c54-49-33-26-31(28-20-22-37-45(24-28)64(58,59)42-17-8-15-40-47(42)52(37)35-12-4-6-14-39(35)62-40)32(27-34(33)50(55)51(49)30-10-2-1-3-11-30)29-21-23-38-46(25-29)65(60,61)44-19-9-18-43-48(44)53(38)36-13-5-7-16-41(36)63(43,56)57/h1-27H. The van der Waals surface area contributed by atoms with Gasteiger partial charge in [0.25, 0.3) is 11.8 Å². The van der Waals surface area contributed by atoms with E-state index in [0.29, 0.717) is 45.0 Å².